The van der Waals surface area contributed by atoms with Gasteiger partial charge in [0.25, 0.3) is 0 Å². The first kappa shape index (κ1) is 13.5. The molecule has 1 N–H and O–H groups in total. The van der Waals surface area contributed by atoms with Gasteiger partial charge >= 0.3 is 5.97 Å². The van der Waals surface area contributed by atoms with Crippen LogP contribution in [0.3, 0.4) is 0 Å². The number of thiazole rings is 1. The molecule has 5 nitrogen and oxygen atoms in total. The molecule has 19 heavy (non-hydrogen) atoms. The highest BCUT2D eigenvalue weighted by Gasteiger charge is 2.18. The van der Waals surface area contributed by atoms with E-state index in [-0.39, 0.29) is 0 Å². The molecule has 0 bridgehead atoms. The van der Waals surface area contributed by atoms with E-state index in [9.17, 15) is 4.79 Å². The molecule has 2 heterocycles. The number of ether oxygens (including phenoxy) is 1. The second-order valence-electron chi connectivity index (χ2n) is 3.95. The van der Waals surface area contributed by atoms with Crippen molar-refractivity contribution in [3.8, 4) is 0 Å². The van der Waals surface area contributed by atoms with Gasteiger partial charge < -0.3 is 10.1 Å². The molecule has 6 heteroatoms. The minimum atomic E-state index is -0.407. The van der Waals surface area contributed by atoms with Crippen LogP contribution in [0.5, 0.6) is 0 Å². The van der Waals surface area contributed by atoms with Crippen LogP contribution in [0.25, 0.3) is 0 Å². The van der Waals surface area contributed by atoms with Crippen molar-refractivity contribution >= 4 is 28.0 Å². The summed E-state index contributed by atoms with van der Waals surface area (Å²) >= 11 is 1.42. The monoisotopic (exact) mass is 277 g/mol. The van der Waals surface area contributed by atoms with Gasteiger partial charge in [0.2, 0.25) is 0 Å². The summed E-state index contributed by atoms with van der Waals surface area (Å²) in [5, 5.41) is 4.69. The van der Waals surface area contributed by atoms with Crippen molar-refractivity contribution in [1.29, 1.82) is 0 Å². The van der Waals surface area contributed by atoms with E-state index in [0.717, 1.165) is 16.3 Å². The number of rotatable bonds is 4. The molecule has 0 fully saturated rings. The molecule has 0 saturated heterocycles. The Morgan fingerprint density at radius 2 is 2.26 bits per heavy atom. The summed E-state index contributed by atoms with van der Waals surface area (Å²) in [5.74, 6) is -0.407. The standard InChI is InChI=1S/C13H15N3O2S/c1-4-18-13(17)11-12(19-9(3)15-11)16-10-7-14-6-5-8(10)2/h5-7,16H,4H2,1-3H3. The van der Waals surface area contributed by atoms with E-state index in [1.54, 1.807) is 19.3 Å². The predicted molar refractivity (Wildman–Crippen MR) is 75.1 cm³/mol. The number of hydrogen-bond acceptors (Lipinski definition) is 6. The van der Waals surface area contributed by atoms with Crippen LogP contribution in [0.1, 0.15) is 28.0 Å². The normalized spacial score (nSPS) is 10.3. The lowest BCUT2D eigenvalue weighted by Crippen LogP contribution is -2.07. The lowest BCUT2D eigenvalue weighted by Gasteiger charge is -2.07. The zero-order valence-corrected chi connectivity index (χ0v) is 11.9. The molecule has 0 saturated carbocycles. The smallest absolute Gasteiger partial charge is 0.360 e. The van der Waals surface area contributed by atoms with E-state index in [1.807, 2.05) is 19.9 Å². The van der Waals surface area contributed by atoms with Crippen LogP contribution in [0.4, 0.5) is 10.7 Å². The van der Waals surface area contributed by atoms with Crippen molar-refractivity contribution in [2.75, 3.05) is 11.9 Å². The fourth-order valence-electron chi connectivity index (χ4n) is 1.57. The van der Waals surface area contributed by atoms with Gasteiger partial charge in [-0.25, -0.2) is 9.78 Å². The van der Waals surface area contributed by atoms with Gasteiger partial charge in [-0.05, 0) is 32.4 Å². The van der Waals surface area contributed by atoms with Gasteiger partial charge in [-0.1, -0.05) is 0 Å². The van der Waals surface area contributed by atoms with Crippen LogP contribution in [0.15, 0.2) is 18.5 Å². The maximum Gasteiger partial charge on any atom is 0.360 e. The van der Waals surface area contributed by atoms with Gasteiger partial charge in [0, 0.05) is 6.20 Å². The molecule has 0 aliphatic heterocycles. The van der Waals surface area contributed by atoms with Gasteiger partial charge in [-0.3, -0.25) is 4.98 Å². The van der Waals surface area contributed by atoms with E-state index >= 15 is 0 Å². The number of carbonyl (C=O) groups excluding carboxylic acids is 1. The Balaban J connectivity index is 2.30. The first-order valence-corrected chi connectivity index (χ1v) is 6.75. The Kier molecular flexibility index (Phi) is 4.11. The molecule has 2 aromatic heterocycles. The van der Waals surface area contributed by atoms with Crippen molar-refractivity contribution in [3.05, 3.63) is 34.7 Å². The highest BCUT2D eigenvalue weighted by Crippen LogP contribution is 2.29. The average Bonchev–Trinajstić information content (AvgIpc) is 2.74. The topological polar surface area (TPSA) is 64.1 Å². The van der Waals surface area contributed by atoms with Crippen molar-refractivity contribution in [2.45, 2.75) is 20.8 Å². The van der Waals surface area contributed by atoms with Crippen LogP contribution in [-0.4, -0.2) is 22.5 Å². The van der Waals surface area contributed by atoms with E-state index in [2.05, 4.69) is 15.3 Å². The summed E-state index contributed by atoms with van der Waals surface area (Å²) < 4.78 is 5.00. The van der Waals surface area contributed by atoms with Crippen LogP contribution < -0.4 is 5.32 Å². The molecule has 0 aromatic carbocycles. The molecule has 2 rings (SSSR count). The van der Waals surface area contributed by atoms with E-state index in [4.69, 9.17) is 4.74 Å². The zero-order chi connectivity index (χ0) is 13.8. The number of anilines is 2. The van der Waals surface area contributed by atoms with Crippen LogP contribution in [0.2, 0.25) is 0 Å². The van der Waals surface area contributed by atoms with Gasteiger partial charge in [0.05, 0.1) is 23.5 Å². The molecule has 2 aromatic rings. The molecule has 100 valence electrons. The van der Waals surface area contributed by atoms with E-state index < -0.39 is 5.97 Å². The Labute approximate surface area is 115 Å². The number of pyridine rings is 1. The maximum absolute atomic E-state index is 11.8. The zero-order valence-electron chi connectivity index (χ0n) is 11.1. The maximum atomic E-state index is 11.8. The van der Waals surface area contributed by atoms with E-state index in [1.165, 1.54) is 11.3 Å². The summed E-state index contributed by atoms with van der Waals surface area (Å²) in [5.41, 5.74) is 2.24. The van der Waals surface area contributed by atoms with Gasteiger partial charge in [-0.2, -0.15) is 0 Å². The second-order valence-corrected chi connectivity index (χ2v) is 5.15. The fraction of sp³-hybridized carbons (Fsp3) is 0.308. The highest BCUT2D eigenvalue weighted by atomic mass is 32.1. The first-order valence-electron chi connectivity index (χ1n) is 5.94. The van der Waals surface area contributed by atoms with Gasteiger partial charge in [0.15, 0.2) is 5.69 Å². The summed E-state index contributed by atoms with van der Waals surface area (Å²) in [6.07, 6.45) is 3.45. The lowest BCUT2D eigenvalue weighted by atomic mass is 10.2. The second kappa shape index (κ2) is 5.79. The van der Waals surface area contributed by atoms with E-state index in [0.29, 0.717) is 17.3 Å². The summed E-state index contributed by atoms with van der Waals surface area (Å²) in [7, 11) is 0. The Hall–Kier alpha value is -1.95. The number of nitrogens with zero attached hydrogens (tertiary/aromatic N) is 2. The molecule has 0 unspecified atom stereocenters. The summed E-state index contributed by atoms with van der Waals surface area (Å²) in [6, 6.07) is 1.90. The quantitative estimate of drug-likeness (QED) is 0.870. The molecular formula is C13H15N3O2S. The van der Waals surface area contributed by atoms with Crippen LogP contribution >= 0.6 is 11.3 Å². The van der Waals surface area contributed by atoms with Crippen molar-refractivity contribution in [3.63, 3.8) is 0 Å². The Morgan fingerprint density at radius 3 is 2.95 bits per heavy atom. The number of esters is 1. The molecule has 0 radical (unpaired) electrons. The summed E-state index contributed by atoms with van der Waals surface area (Å²) in [6.45, 7) is 5.94. The molecular weight excluding hydrogens is 262 g/mol. The summed E-state index contributed by atoms with van der Waals surface area (Å²) in [4.78, 5) is 20.1. The minimum Gasteiger partial charge on any atom is -0.461 e. The average molecular weight is 277 g/mol. The fourth-order valence-corrected chi connectivity index (χ4v) is 2.39. The molecule has 0 spiro atoms. The van der Waals surface area contributed by atoms with Crippen molar-refractivity contribution in [2.24, 2.45) is 0 Å². The van der Waals surface area contributed by atoms with Gasteiger partial charge in [0.1, 0.15) is 5.00 Å². The number of aromatic nitrogens is 2. The molecule has 0 amide bonds. The molecule has 0 atom stereocenters. The number of aryl methyl sites for hydroxylation is 2. The first-order chi connectivity index (χ1) is 9.11. The SMILES string of the molecule is CCOC(=O)c1nc(C)sc1Nc1cnccc1C. The van der Waals surface area contributed by atoms with Crippen LogP contribution in [0, 0.1) is 13.8 Å². The third-order valence-corrected chi connectivity index (χ3v) is 3.38. The van der Waals surface area contributed by atoms with Crippen molar-refractivity contribution < 1.29 is 9.53 Å². The Bertz CT molecular complexity index is 595. The number of nitrogens with one attached hydrogen (secondary N) is 1. The Morgan fingerprint density at radius 1 is 1.47 bits per heavy atom. The van der Waals surface area contributed by atoms with Gasteiger partial charge in [-0.15, -0.1) is 11.3 Å². The molecule has 0 aliphatic rings. The third kappa shape index (κ3) is 3.08. The van der Waals surface area contributed by atoms with Crippen molar-refractivity contribution in [1.82, 2.24) is 9.97 Å². The minimum absolute atomic E-state index is 0.326. The largest absolute Gasteiger partial charge is 0.461 e. The third-order valence-electron chi connectivity index (χ3n) is 2.49. The number of hydrogen-bond donors (Lipinski definition) is 1. The number of carbonyl (C=O) groups is 1. The van der Waals surface area contributed by atoms with Crippen LogP contribution in [-0.2, 0) is 4.74 Å². The molecule has 0 aliphatic carbocycles. The lowest BCUT2D eigenvalue weighted by molar-refractivity contribution is 0.0521. The highest BCUT2D eigenvalue weighted by molar-refractivity contribution is 7.16. The predicted octanol–water partition coefficient (Wildman–Crippen LogP) is 3.08.